The third-order valence-electron chi connectivity index (χ3n) is 4.35. The predicted molar refractivity (Wildman–Crippen MR) is 116 cm³/mol. The second-order valence-corrected chi connectivity index (χ2v) is 8.71. The average molecular weight is 464 g/mol. The van der Waals surface area contributed by atoms with Crippen molar-refractivity contribution in [3.63, 3.8) is 0 Å². The molecule has 2 aromatic carbocycles. The van der Waals surface area contributed by atoms with Gasteiger partial charge in [0.1, 0.15) is 11.8 Å². The maximum atomic E-state index is 12.5. The van der Waals surface area contributed by atoms with Gasteiger partial charge in [0.05, 0.1) is 12.0 Å². The molecule has 0 fully saturated rings. The highest BCUT2D eigenvalue weighted by Crippen LogP contribution is 2.15. The summed E-state index contributed by atoms with van der Waals surface area (Å²) in [5.41, 5.74) is 0.502. The van der Waals surface area contributed by atoms with E-state index in [1.54, 1.807) is 38.1 Å². The lowest BCUT2D eigenvalue weighted by Crippen LogP contribution is -2.45. The molecule has 0 spiro atoms. The molecule has 32 heavy (non-hydrogen) atoms. The molecule has 2 amide bonds. The standard InChI is InChI=1S/C21H25N3O7S/c1-13(2)19(24-20(26)14-7-9-16(30-3)10-8-14)21(27)31-12-18(25)23-15-5-4-6-17(11-15)32(22,28)29/h4-11,13,19H,12H2,1-3H3,(H,23,25)(H,24,26)(H2,22,28,29). The highest BCUT2D eigenvalue weighted by Gasteiger charge is 2.27. The number of carbonyl (C=O) groups excluding carboxylic acids is 3. The van der Waals surface area contributed by atoms with Crippen LogP contribution in [0.3, 0.4) is 0 Å². The molecule has 1 atom stereocenters. The van der Waals surface area contributed by atoms with Gasteiger partial charge in [0.15, 0.2) is 6.61 Å². The number of sulfonamides is 1. The Morgan fingerprint density at radius 2 is 1.72 bits per heavy atom. The van der Waals surface area contributed by atoms with Crippen LogP contribution < -0.4 is 20.5 Å². The fourth-order valence-corrected chi connectivity index (χ4v) is 3.20. The van der Waals surface area contributed by atoms with E-state index >= 15 is 0 Å². The quantitative estimate of drug-likeness (QED) is 0.473. The molecular weight excluding hydrogens is 438 g/mol. The molecule has 10 nitrogen and oxygen atoms in total. The summed E-state index contributed by atoms with van der Waals surface area (Å²) in [7, 11) is -2.42. The highest BCUT2D eigenvalue weighted by atomic mass is 32.2. The van der Waals surface area contributed by atoms with Gasteiger partial charge in [0.2, 0.25) is 10.0 Å². The molecule has 0 bridgehead atoms. The van der Waals surface area contributed by atoms with Crippen molar-refractivity contribution in [1.29, 1.82) is 0 Å². The van der Waals surface area contributed by atoms with Gasteiger partial charge >= 0.3 is 5.97 Å². The second-order valence-electron chi connectivity index (χ2n) is 7.15. The van der Waals surface area contributed by atoms with Gasteiger partial charge < -0.3 is 20.1 Å². The third kappa shape index (κ3) is 7.06. The monoisotopic (exact) mass is 463 g/mol. The Balaban J connectivity index is 1.96. The second kappa shape index (κ2) is 10.7. The molecule has 0 saturated carbocycles. The predicted octanol–water partition coefficient (Wildman–Crippen LogP) is 1.28. The van der Waals surface area contributed by atoms with Gasteiger partial charge in [-0.25, -0.2) is 18.4 Å². The fraction of sp³-hybridized carbons (Fsp3) is 0.286. The van der Waals surface area contributed by atoms with E-state index < -0.39 is 40.5 Å². The Morgan fingerprint density at radius 1 is 1.06 bits per heavy atom. The van der Waals surface area contributed by atoms with E-state index in [-0.39, 0.29) is 16.5 Å². The SMILES string of the molecule is COc1ccc(C(=O)NC(C(=O)OCC(=O)Nc2cccc(S(N)(=O)=O)c2)C(C)C)cc1. The van der Waals surface area contributed by atoms with E-state index in [1.165, 1.54) is 31.4 Å². The Hall–Kier alpha value is -3.44. The van der Waals surface area contributed by atoms with Crippen LogP contribution in [0.25, 0.3) is 0 Å². The number of carbonyl (C=O) groups is 3. The summed E-state index contributed by atoms with van der Waals surface area (Å²) in [6, 6.07) is 10.7. The van der Waals surface area contributed by atoms with Gasteiger partial charge in [-0.05, 0) is 48.4 Å². The molecule has 172 valence electrons. The van der Waals surface area contributed by atoms with Crippen molar-refractivity contribution < 1.29 is 32.3 Å². The van der Waals surface area contributed by atoms with Crippen molar-refractivity contribution in [2.45, 2.75) is 24.8 Å². The lowest BCUT2D eigenvalue weighted by Gasteiger charge is -2.21. The summed E-state index contributed by atoms with van der Waals surface area (Å²) in [6.07, 6.45) is 0. The van der Waals surface area contributed by atoms with Gasteiger partial charge in [-0.1, -0.05) is 19.9 Å². The topological polar surface area (TPSA) is 154 Å². The molecule has 0 aliphatic carbocycles. The van der Waals surface area contributed by atoms with Crippen LogP contribution in [0.1, 0.15) is 24.2 Å². The van der Waals surface area contributed by atoms with Gasteiger partial charge in [0, 0.05) is 11.3 Å². The van der Waals surface area contributed by atoms with Crippen LogP contribution in [0.2, 0.25) is 0 Å². The summed E-state index contributed by atoms with van der Waals surface area (Å²) in [6.45, 7) is 2.82. The van der Waals surface area contributed by atoms with Crippen LogP contribution >= 0.6 is 0 Å². The molecule has 4 N–H and O–H groups in total. The van der Waals surface area contributed by atoms with E-state index in [0.717, 1.165) is 0 Å². The number of primary sulfonamides is 1. The Kier molecular flexibility index (Phi) is 8.33. The molecule has 0 radical (unpaired) electrons. The molecule has 0 aliphatic heterocycles. The summed E-state index contributed by atoms with van der Waals surface area (Å²) in [5, 5.41) is 10.1. The molecule has 11 heteroatoms. The first-order valence-electron chi connectivity index (χ1n) is 9.55. The number of methoxy groups -OCH3 is 1. The maximum Gasteiger partial charge on any atom is 0.329 e. The number of hydrogen-bond donors (Lipinski definition) is 3. The lowest BCUT2D eigenvalue weighted by atomic mass is 10.0. The van der Waals surface area contributed by atoms with Crippen LogP contribution in [-0.2, 0) is 24.3 Å². The number of nitrogens with one attached hydrogen (secondary N) is 2. The van der Waals surface area contributed by atoms with Crippen LogP contribution in [0.15, 0.2) is 53.4 Å². The maximum absolute atomic E-state index is 12.5. The van der Waals surface area contributed by atoms with E-state index in [4.69, 9.17) is 14.6 Å². The highest BCUT2D eigenvalue weighted by molar-refractivity contribution is 7.89. The summed E-state index contributed by atoms with van der Waals surface area (Å²) in [4.78, 5) is 36.9. The molecular formula is C21H25N3O7S. The number of esters is 1. The van der Waals surface area contributed by atoms with Crippen molar-refractivity contribution in [3.8, 4) is 5.75 Å². The third-order valence-corrected chi connectivity index (χ3v) is 5.26. The van der Waals surface area contributed by atoms with E-state index in [9.17, 15) is 22.8 Å². The first-order valence-corrected chi connectivity index (χ1v) is 11.1. The molecule has 1 unspecified atom stereocenters. The van der Waals surface area contributed by atoms with Gasteiger partial charge in [-0.15, -0.1) is 0 Å². The lowest BCUT2D eigenvalue weighted by molar-refractivity contribution is -0.150. The molecule has 0 heterocycles. The number of benzene rings is 2. The van der Waals surface area contributed by atoms with E-state index in [0.29, 0.717) is 11.3 Å². The Bertz CT molecular complexity index is 1080. The summed E-state index contributed by atoms with van der Waals surface area (Å²) >= 11 is 0. The van der Waals surface area contributed by atoms with Crippen molar-refractivity contribution in [1.82, 2.24) is 5.32 Å². The first kappa shape index (κ1) is 24.8. The summed E-state index contributed by atoms with van der Waals surface area (Å²) in [5.74, 6) is -1.67. The van der Waals surface area contributed by atoms with Crippen LogP contribution in [0, 0.1) is 5.92 Å². The van der Waals surface area contributed by atoms with Crippen molar-refractivity contribution >= 4 is 33.5 Å². The van der Waals surface area contributed by atoms with Crippen molar-refractivity contribution in [2.75, 3.05) is 19.0 Å². The number of anilines is 1. The molecule has 2 rings (SSSR count). The van der Waals surface area contributed by atoms with E-state index in [2.05, 4.69) is 10.6 Å². The van der Waals surface area contributed by atoms with Crippen LogP contribution in [0.4, 0.5) is 5.69 Å². The van der Waals surface area contributed by atoms with Gasteiger partial charge in [-0.2, -0.15) is 0 Å². The first-order chi connectivity index (χ1) is 15.0. The number of hydrogen-bond acceptors (Lipinski definition) is 7. The van der Waals surface area contributed by atoms with Crippen molar-refractivity contribution in [2.24, 2.45) is 11.1 Å². The Morgan fingerprint density at radius 3 is 2.28 bits per heavy atom. The molecule has 0 aromatic heterocycles. The molecule has 0 saturated heterocycles. The average Bonchev–Trinajstić information content (AvgIpc) is 2.75. The number of rotatable bonds is 9. The minimum Gasteiger partial charge on any atom is -0.497 e. The van der Waals surface area contributed by atoms with E-state index in [1.807, 2.05) is 0 Å². The van der Waals surface area contributed by atoms with Crippen LogP contribution in [0.5, 0.6) is 5.75 Å². The smallest absolute Gasteiger partial charge is 0.329 e. The van der Waals surface area contributed by atoms with Gasteiger partial charge in [0.25, 0.3) is 11.8 Å². The van der Waals surface area contributed by atoms with Gasteiger partial charge in [-0.3, -0.25) is 9.59 Å². The minimum absolute atomic E-state index is 0.172. The zero-order chi connectivity index (χ0) is 23.9. The Labute approximate surface area is 186 Å². The zero-order valence-corrected chi connectivity index (χ0v) is 18.6. The number of amides is 2. The summed E-state index contributed by atoms with van der Waals surface area (Å²) < 4.78 is 32.9. The van der Waals surface area contributed by atoms with Crippen LogP contribution in [-0.4, -0.2) is 46.0 Å². The normalized spacial score (nSPS) is 12.0. The molecule has 0 aliphatic rings. The largest absolute Gasteiger partial charge is 0.497 e. The zero-order valence-electron chi connectivity index (χ0n) is 17.8. The molecule has 2 aromatic rings. The van der Waals surface area contributed by atoms with Crippen molar-refractivity contribution in [3.05, 3.63) is 54.1 Å². The minimum atomic E-state index is -3.93. The fourth-order valence-electron chi connectivity index (χ4n) is 2.64. The number of ether oxygens (including phenoxy) is 2. The number of nitrogens with two attached hydrogens (primary N) is 1.